The first-order valence-corrected chi connectivity index (χ1v) is 5.03. The number of nitrogens with zero attached hydrogens (tertiary/aromatic N) is 1. The van der Waals surface area contributed by atoms with Crippen LogP contribution in [0.1, 0.15) is 20.3 Å². The Kier molecular flexibility index (Phi) is 4.49. The molecule has 0 aliphatic carbocycles. The van der Waals surface area contributed by atoms with Crippen molar-refractivity contribution in [3.8, 4) is 18.2 Å². The molecular formula is C12H16N2O. The predicted octanol–water partition coefficient (Wildman–Crippen LogP) is 2.30. The molecule has 0 saturated heterocycles. The molecule has 3 heteroatoms. The first-order valence-electron chi connectivity index (χ1n) is 5.03. The van der Waals surface area contributed by atoms with E-state index in [4.69, 9.17) is 11.2 Å². The average molecular weight is 204 g/mol. The molecular weight excluding hydrogens is 188 g/mol. The lowest BCUT2D eigenvalue weighted by Gasteiger charge is -2.13. The smallest absolute Gasteiger partial charge is 0.237 e. The van der Waals surface area contributed by atoms with Crippen molar-refractivity contribution in [1.29, 1.82) is 0 Å². The maximum absolute atomic E-state index is 5.55. The zero-order valence-electron chi connectivity index (χ0n) is 9.16. The Hall–Kier alpha value is -1.69. The van der Waals surface area contributed by atoms with Crippen LogP contribution in [0.25, 0.3) is 0 Å². The molecule has 0 amide bonds. The van der Waals surface area contributed by atoms with Crippen molar-refractivity contribution in [3.63, 3.8) is 0 Å². The summed E-state index contributed by atoms with van der Waals surface area (Å²) in [6, 6.07) is 3.80. The third-order valence-corrected chi connectivity index (χ3v) is 1.70. The van der Waals surface area contributed by atoms with Crippen molar-refractivity contribution < 1.29 is 4.74 Å². The van der Waals surface area contributed by atoms with E-state index in [2.05, 4.69) is 16.2 Å². The molecule has 1 aromatic rings. The quantitative estimate of drug-likeness (QED) is 0.590. The van der Waals surface area contributed by atoms with E-state index in [1.807, 2.05) is 26.0 Å². The number of ether oxygens (including phenoxy) is 1. The largest absolute Gasteiger partial charge is 0.473 e. The predicted molar refractivity (Wildman–Crippen MR) is 61.9 cm³/mol. The van der Waals surface area contributed by atoms with Crippen LogP contribution in [0.2, 0.25) is 0 Å². The van der Waals surface area contributed by atoms with Crippen LogP contribution in [0.4, 0.5) is 5.69 Å². The van der Waals surface area contributed by atoms with Crippen molar-refractivity contribution >= 4 is 5.69 Å². The molecule has 0 saturated carbocycles. The SMILES string of the molecule is C#CCCNc1cccnc1OC(C)C. The molecule has 0 radical (unpaired) electrons. The Bertz CT molecular complexity index is 342. The van der Waals surface area contributed by atoms with Gasteiger partial charge in [-0.05, 0) is 26.0 Å². The fourth-order valence-corrected chi connectivity index (χ4v) is 1.11. The number of terminal acetylenes is 1. The standard InChI is InChI=1S/C12H16N2O/c1-4-5-8-13-11-7-6-9-14-12(11)15-10(2)3/h1,6-7,9-10,13H,5,8H2,2-3H3. The summed E-state index contributed by atoms with van der Waals surface area (Å²) in [5.74, 6) is 3.20. The van der Waals surface area contributed by atoms with Crippen molar-refractivity contribution in [2.45, 2.75) is 26.4 Å². The molecule has 1 heterocycles. The van der Waals surface area contributed by atoms with Gasteiger partial charge in [-0.25, -0.2) is 4.98 Å². The topological polar surface area (TPSA) is 34.2 Å². The molecule has 15 heavy (non-hydrogen) atoms. The molecule has 3 nitrogen and oxygen atoms in total. The minimum absolute atomic E-state index is 0.119. The highest BCUT2D eigenvalue weighted by atomic mass is 16.5. The zero-order valence-corrected chi connectivity index (χ0v) is 9.16. The normalized spacial score (nSPS) is 9.73. The Morgan fingerprint density at radius 2 is 2.40 bits per heavy atom. The van der Waals surface area contributed by atoms with Crippen LogP contribution in [0.3, 0.4) is 0 Å². The van der Waals surface area contributed by atoms with Gasteiger partial charge in [0.1, 0.15) is 0 Å². The minimum atomic E-state index is 0.119. The van der Waals surface area contributed by atoms with E-state index in [0.29, 0.717) is 12.3 Å². The fourth-order valence-electron chi connectivity index (χ4n) is 1.11. The molecule has 0 spiro atoms. The van der Waals surface area contributed by atoms with E-state index in [9.17, 15) is 0 Å². The first-order chi connectivity index (χ1) is 7.24. The average Bonchev–Trinajstić information content (AvgIpc) is 2.20. The molecule has 80 valence electrons. The van der Waals surface area contributed by atoms with Gasteiger partial charge in [0.15, 0.2) is 0 Å². The molecule has 0 bridgehead atoms. The number of anilines is 1. The summed E-state index contributed by atoms with van der Waals surface area (Å²) in [6.45, 7) is 4.68. The van der Waals surface area contributed by atoms with Crippen LogP contribution in [-0.4, -0.2) is 17.6 Å². The van der Waals surface area contributed by atoms with Crippen molar-refractivity contribution in [2.24, 2.45) is 0 Å². The number of hydrogen-bond acceptors (Lipinski definition) is 3. The van der Waals surface area contributed by atoms with Gasteiger partial charge < -0.3 is 10.1 Å². The summed E-state index contributed by atoms with van der Waals surface area (Å²) in [7, 11) is 0. The number of hydrogen-bond donors (Lipinski definition) is 1. The lowest BCUT2D eigenvalue weighted by atomic mass is 10.3. The minimum Gasteiger partial charge on any atom is -0.473 e. The van der Waals surface area contributed by atoms with Gasteiger partial charge in [-0.2, -0.15) is 0 Å². The third kappa shape index (κ3) is 3.90. The summed E-state index contributed by atoms with van der Waals surface area (Å²) in [5, 5.41) is 3.19. The van der Waals surface area contributed by atoms with Crippen LogP contribution in [0, 0.1) is 12.3 Å². The van der Waals surface area contributed by atoms with Crippen LogP contribution in [-0.2, 0) is 0 Å². The van der Waals surface area contributed by atoms with E-state index < -0.39 is 0 Å². The van der Waals surface area contributed by atoms with E-state index in [-0.39, 0.29) is 6.10 Å². The molecule has 0 unspecified atom stereocenters. The van der Waals surface area contributed by atoms with Crippen molar-refractivity contribution in [2.75, 3.05) is 11.9 Å². The molecule has 0 aliphatic rings. The second-order valence-corrected chi connectivity index (χ2v) is 3.40. The van der Waals surface area contributed by atoms with Crippen LogP contribution in [0.15, 0.2) is 18.3 Å². The van der Waals surface area contributed by atoms with Crippen molar-refractivity contribution in [1.82, 2.24) is 4.98 Å². The summed E-state index contributed by atoms with van der Waals surface area (Å²) < 4.78 is 5.55. The van der Waals surface area contributed by atoms with Gasteiger partial charge in [0.05, 0.1) is 11.8 Å². The molecule has 0 aromatic carbocycles. The Morgan fingerprint density at radius 3 is 3.07 bits per heavy atom. The third-order valence-electron chi connectivity index (χ3n) is 1.70. The molecule has 0 aliphatic heterocycles. The highest BCUT2D eigenvalue weighted by molar-refractivity contribution is 5.52. The Balaban J connectivity index is 2.65. The second kappa shape index (κ2) is 5.92. The lowest BCUT2D eigenvalue weighted by Crippen LogP contribution is -2.10. The van der Waals surface area contributed by atoms with E-state index in [1.54, 1.807) is 6.20 Å². The lowest BCUT2D eigenvalue weighted by molar-refractivity contribution is 0.234. The molecule has 1 N–H and O–H groups in total. The molecule has 0 atom stereocenters. The summed E-state index contributed by atoms with van der Waals surface area (Å²) in [6.07, 6.45) is 7.70. The number of aromatic nitrogens is 1. The zero-order chi connectivity index (χ0) is 11.1. The maximum Gasteiger partial charge on any atom is 0.237 e. The van der Waals surface area contributed by atoms with Gasteiger partial charge in [-0.3, -0.25) is 0 Å². The van der Waals surface area contributed by atoms with Gasteiger partial charge in [0.2, 0.25) is 5.88 Å². The van der Waals surface area contributed by atoms with Crippen LogP contribution in [0.5, 0.6) is 5.88 Å². The Labute approximate surface area is 90.9 Å². The number of rotatable bonds is 5. The fraction of sp³-hybridized carbons (Fsp3) is 0.417. The molecule has 1 aromatic heterocycles. The first kappa shape index (κ1) is 11.4. The Morgan fingerprint density at radius 1 is 1.60 bits per heavy atom. The van der Waals surface area contributed by atoms with E-state index in [0.717, 1.165) is 12.2 Å². The molecule has 1 rings (SSSR count). The highest BCUT2D eigenvalue weighted by Crippen LogP contribution is 2.21. The summed E-state index contributed by atoms with van der Waals surface area (Å²) >= 11 is 0. The van der Waals surface area contributed by atoms with E-state index in [1.165, 1.54) is 0 Å². The van der Waals surface area contributed by atoms with Crippen LogP contribution < -0.4 is 10.1 Å². The summed E-state index contributed by atoms with van der Waals surface area (Å²) in [5.41, 5.74) is 0.890. The van der Waals surface area contributed by atoms with Gasteiger partial charge >= 0.3 is 0 Å². The number of pyridine rings is 1. The summed E-state index contributed by atoms with van der Waals surface area (Å²) in [4.78, 5) is 4.16. The van der Waals surface area contributed by atoms with Gasteiger partial charge in [-0.15, -0.1) is 12.3 Å². The van der Waals surface area contributed by atoms with Gasteiger partial charge in [0, 0.05) is 19.2 Å². The van der Waals surface area contributed by atoms with Crippen LogP contribution >= 0.6 is 0 Å². The monoisotopic (exact) mass is 204 g/mol. The highest BCUT2D eigenvalue weighted by Gasteiger charge is 2.05. The van der Waals surface area contributed by atoms with Crippen molar-refractivity contribution in [3.05, 3.63) is 18.3 Å². The maximum atomic E-state index is 5.55. The van der Waals surface area contributed by atoms with Gasteiger partial charge in [0.25, 0.3) is 0 Å². The molecule has 0 fully saturated rings. The van der Waals surface area contributed by atoms with E-state index >= 15 is 0 Å². The second-order valence-electron chi connectivity index (χ2n) is 3.40. The van der Waals surface area contributed by atoms with Gasteiger partial charge in [-0.1, -0.05) is 0 Å². The number of nitrogens with one attached hydrogen (secondary N) is 1.